The van der Waals surface area contributed by atoms with Crippen LogP contribution in [-0.4, -0.2) is 25.3 Å². The smallest absolute Gasteiger partial charge is 0.408 e. The minimum Gasteiger partial charge on any atom is -0.450 e. The van der Waals surface area contributed by atoms with Crippen molar-refractivity contribution in [2.75, 3.05) is 13.3 Å². The fraction of sp³-hybridized carbons (Fsp3) is 0.778. The standard InChI is InChI=1S/C9H18N2O3/c1-3-4-5-6-14-9(13)11-7-10-8(2)12/h3-7H2,1-2H3,(H,10,12)(H,11,13). The van der Waals surface area contributed by atoms with E-state index in [9.17, 15) is 9.59 Å². The number of alkyl carbamates (subject to hydrolysis) is 1. The van der Waals surface area contributed by atoms with Crippen LogP contribution in [0.25, 0.3) is 0 Å². The molecule has 2 amide bonds. The molecule has 0 aromatic rings. The van der Waals surface area contributed by atoms with Crippen LogP contribution in [0.1, 0.15) is 33.1 Å². The lowest BCUT2D eigenvalue weighted by Crippen LogP contribution is -2.36. The molecule has 0 rings (SSSR count). The zero-order chi connectivity index (χ0) is 10.8. The van der Waals surface area contributed by atoms with Crippen molar-refractivity contribution in [2.45, 2.75) is 33.1 Å². The molecule has 0 saturated carbocycles. The van der Waals surface area contributed by atoms with Crippen LogP contribution in [0.2, 0.25) is 0 Å². The van der Waals surface area contributed by atoms with Gasteiger partial charge in [-0.2, -0.15) is 0 Å². The molecule has 5 heteroatoms. The molecule has 0 saturated heterocycles. The molecule has 14 heavy (non-hydrogen) atoms. The monoisotopic (exact) mass is 202 g/mol. The molecule has 0 radical (unpaired) electrons. The van der Waals surface area contributed by atoms with Crippen LogP contribution < -0.4 is 10.6 Å². The topological polar surface area (TPSA) is 67.4 Å². The van der Waals surface area contributed by atoms with E-state index in [1.54, 1.807) is 0 Å². The Morgan fingerprint density at radius 2 is 1.93 bits per heavy atom. The molecule has 0 unspecified atom stereocenters. The number of carbonyl (C=O) groups excluding carboxylic acids is 2. The van der Waals surface area contributed by atoms with Crippen LogP contribution in [0.5, 0.6) is 0 Å². The van der Waals surface area contributed by atoms with Crippen LogP contribution in [0.15, 0.2) is 0 Å². The van der Waals surface area contributed by atoms with Crippen molar-refractivity contribution < 1.29 is 14.3 Å². The van der Waals surface area contributed by atoms with Crippen LogP contribution in [0.4, 0.5) is 4.79 Å². The second-order valence-corrected chi connectivity index (χ2v) is 2.93. The summed E-state index contributed by atoms with van der Waals surface area (Å²) in [7, 11) is 0. The Bertz CT molecular complexity index is 183. The Kier molecular flexibility index (Phi) is 7.59. The van der Waals surface area contributed by atoms with E-state index < -0.39 is 6.09 Å². The predicted octanol–water partition coefficient (Wildman–Crippen LogP) is 0.996. The molecule has 0 aliphatic heterocycles. The molecule has 5 nitrogen and oxygen atoms in total. The molecule has 2 N–H and O–H groups in total. The Morgan fingerprint density at radius 3 is 2.50 bits per heavy atom. The molecule has 0 aliphatic rings. The Hall–Kier alpha value is -1.26. The van der Waals surface area contributed by atoms with Crippen molar-refractivity contribution >= 4 is 12.0 Å². The summed E-state index contributed by atoms with van der Waals surface area (Å²) in [4.78, 5) is 21.3. The summed E-state index contributed by atoms with van der Waals surface area (Å²) in [5.74, 6) is -0.184. The Balaban J connectivity index is 3.24. The number of hydrogen-bond acceptors (Lipinski definition) is 3. The number of rotatable bonds is 6. The maximum Gasteiger partial charge on any atom is 0.408 e. The van der Waals surface area contributed by atoms with Crippen LogP contribution in [0.3, 0.4) is 0 Å². The van der Waals surface area contributed by atoms with E-state index in [1.165, 1.54) is 6.92 Å². The molecule has 82 valence electrons. The summed E-state index contributed by atoms with van der Waals surface area (Å²) in [6.45, 7) is 4.01. The molecule has 0 fully saturated rings. The van der Waals surface area contributed by atoms with Gasteiger partial charge in [0.2, 0.25) is 5.91 Å². The van der Waals surface area contributed by atoms with E-state index in [1.807, 2.05) is 0 Å². The molecular weight excluding hydrogens is 184 g/mol. The summed E-state index contributed by atoms with van der Waals surface area (Å²) in [5.41, 5.74) is 0. The van der Waals surface area contributed by atoms with Crippen molar-refractivity contribution in [1.29, 1.82) is 0 Å². The minimum absolute atomic E-state index is 0.113. The lowest BCUT2D eigenvalue weighted by Gasteiger charge is -2.06. The molecule has 0 aliphatic carbocycles. The largest absolute Gasteiger partial charge is 0.450 e. The fourth-order valence-corrected chi connectivity index (χ4v) is 0.809. The average Bonchev–Trinajstić information content (AvgIpc) is 2.12. The van der Waals surface area contributed by atoms with Crippen molar-refractivity contribution in [3.05, 3.63) is 0 Å². The van der Waals surface area contributed by atoms with Crippen LogP contribution in [0, 0.1) is 0 Å². The highest BCUT2D eigenvalue weighted by molar-refractivity contribution is 5.73. The maximum atomic E-state index is 10.9. The van der Waals surface area contributed by atoms with Gasteiger partial charge in [0.15, 0.2) is 0 Å². The van der Waals surface area contributed by atoms with E-state index >= 15 is 0 Å². The van der Waals surface area contributed by atoms with Gasteiger partial charge in [0.05, 0.1) is 13.3 Å². The first-order chi connectivity index (χ1) is 6.66. The second-order valence-electron chi connectivity index (χ2n) is 2.93. The SMILES string of the molecule is CCCCCOC(=O)NCNC(C)=O. The first-order valence-electron chi connectivity index (χ1n) is 4.82. The zero-order valence-corrected chi connectivity index (χ0v) is 8.76. The number of nitrogens with one attached hydrogen (secondary N) is 2. The summed E-state index contributed by atoms with van der Waals surface area (Å²) in [5, 5.41) is 4.82. The number of unbranched alkanes of at least 4 members (excludes halogenated alkanes) is 2. The quantitative estimate of drug-likeness (QED) is 0.498. The number of hydrogen-bond donors (Lipinski definition) is 2. The van der Waals surface area contributed by atoms with Gasteiger partial charge in [-0.15, -0.1) is 0 Å². The normalized spacial score (nSPS) is 9.29. The van der Waals surface area contributed by atoms with Gasteiger partial charge in [-0.1, -0.05) is 19.8 Å². The van der Waals surface area contributed by atoms with E-state index in [2.05, 4.69) is 17.6 Å². The molecule has 0 aromatic carbocycles. The van der Waals surface area contributed by atoms with Gasteiger partial charge in [-0.3, -0.25) is 4.79 Å². The molecule has 0 heterocycles. The second kappa shape index (κ2) is 8.34. The van der Waals surface area contributed by atoms with Gasteiger partial charge in [0, 0.05) is 6.92 Å². The van der Waals surface area contributed by atoms with E-state index in [0.717, 1.165) is 19.3 Å². The number of amides is 2. The minimum atomic E-state index is -0.491. The third kappa shape index (κ3) is 8.83. The van der Waals surface area contributed by atoms with Crippen molar-refractivity contribution in [3.8, 4) is 0 Å². The van der Waals surface area contributed by atoms with Gasteiger partial charge < -0.3 is 15.4 Å². The van der Waals surface area contributed by atoms with Gasteiger partial charge in [0.25, 0.3) is 0 Å². The molecular formula is C9H18N2O3. The lowest BCUT2D eigenvalue weighted by molar-refractivity contribution is -0.119. The molecule has 0 atom stereocenters. The first kappa shape index (κ1) is 12.7. The number of ether oxygens (including phenoxy) is 1. The molecule has 0 spiro atoms. The average molecular weight is 202 g/mol. The highest BCUT2D eigenvalue weighted by Crippen LogP contribution is 1.93. The first-order valence-corrected chi connectivity index (χ1v) is 4.82. The highest BCUT2D eigenvalue weighted by Gasteiger charge is 1.99. The zero-order valence-electron chi connectivity index (χ0n) is 8.76. The maximum absolute atomic E-state index is 10.9. The molecule has 0 bridgehead atoms. The third-order valence-electron chi connectivity index (χ3n) is 1.55. The molecule has 0 aromatic heterocycles. The number of carbonyl (C=O) groups is 2. The Morgan fingerprint density at radius 1 is 1.21 bits per heavy atom. The van der Waals surface area contributed by atoms with Gasteiger partial charge in [-0.05, 0) is 6.42 Å². The van der Waals surface area contributed by atoms with Gasteiger partial charge >= 0.3 is 6.09 Å². The van der Waals surface area contributed by atoms with Crippen molar-refractivity contribution in [3.63, 3.8) is 0 Å². The van der Waals surface area contributed by atoms with Crippen LogP contribution >= 0.6 is 0 Å². The van der Waals surface area contributed by atoms with E-state index in [0.29, 0.717) is 6.61 Å². The highest BCUT2D eigenvalue weighted by atomic mass is 16.5. The van der Waals surface area contributed by atoms with Gasteiger partial charge in [0.1, 0.15) is 0 Å². The summed E-state index contributed by atoms with van der Waals surface area (Å²) in [6.07, 6.45) is 2.54. The predicted molar refractivity (Wildman–Crippen MR) is 52.7 cm³/mol. The van der Waals surface area contributed by atoms with Crippen molar-refractivity contribution in [2.24, 2.45) is 0 Å². The lowest BCUT2D eigenvalue weighted by atomic mass is 10.3. The van der Waals surface area contributed by atoms with Gasteiger partial charge in [-0.25, -0.2) is 4.79 Å². The third-order valence-corrected chi connectivity index (χ3v) is 1.55. The summed E-state index contributed by atoms with van der Waals surface area (Å²) < 4.78 is 4.82. The van der Waals surface area contributed by atoms with E-state index in [4.69, 9.17) is 4.74 Å². The summed E-state index contributed by atoms with van der Waals surface area (Å²) >= 11 is 0. The fourth-order valence-electron chi connectivity index (χ4n) is 0.809. The van der Waals surface area contributed by atoms with Crippen molar-refractivity contribution in [1.82, 2.24) is 10.6 Å². The van der Waals surface area contributed by atoms with Crippen LogP contribution in [-0.2, 0) is 9.53 Å². The summed E-state index contributed by atoms with van der Waals surface area (Å²) in [6, 6.07) is 0. The Labute approximate surface area is 84.2 Å². The van der Waals surface area contributed by atoms with E-state index in [-0.39, 0.29) is 12.6 Å².